The number of carbonyl (C=O) groups excluding carboxylic acids is 1. The van der Waals surface area contributed by atoms with Gasteiger partial charge in [-0.05, 0) is 26.1 Å². The van der Waals surface area contributed by atoms with E-state index in [1.54, 1.807) is 4.90 Å². The molecule has 2 aromatic carbocycles. The van der Waals surface area contributed by atoms with E-state index in [0.29, 0.717) is 18.7 Å². The Bertz CT molecular complexity index is 931. The standard InChI is InChI=1S/C21H23N3O3S/c1-23(2)10-11-24(20(25)9-8-15-6-4-3-5-7-15)21-22-16-12-17-18(27-14-26-17)13-19(16)28-21/h3-7,12-13H,8-11,14H2,1-2H3. The summed E-state index contributed by atoms with van der Waals surface area (Å²) in [5.74, 6) is 1.53. The van der Waals surface area contributed by atoms with Crippen LogP contribution in [-0.2, 0) is 11.2 Å². The van der Waals surface area contributed by atoms with Gasteiger partial charge in [0.25, 0.3) is 0 Å². The Morgan fingerprint density at radius 3 is 2.61 bits per heavy atom. The van der Waals surface area contributed by atoms with Crippen molar-refractivity contribution in [2.75, 3.05) is 38.9 Å². The molecule has 28 heavy (non-hydrogen) atoms. The minimum absolute atomic E-state index is 0.0878. The maximum absolute atomic E-state index is 13.0. The van der Waals surface area contributed by atoms with Crippen molar-refractivity contribution >= 4 is 32.6 Å². The van der Waals surface area contributed by atoms with E-state index in [9.17, 15) is 4.79 Å². The summed E-state index contributed by atoms with van der Waals surface area (Å²) in [6, 6.07) is 13.9. The van der Waals surface area contributed by atoms with Gasteiger partial charge in [0.2, 0.25) is 12.7 Å². The summed E-state index contributed by atoms with van der Waals surface area (Å²) in [4.78, 5) is 21.6. The van der Waals surface area contributed by atoms with Crippen molar-refractivity contribution < 1.29 is 14.3 Å². The van der Waals surface area contributed by atoms with E-state index in [-0.39, 0.29) is 12.7 Å². The second-order valence-corrected chi connectivity index (χ2v) is 8.01. The van der Waals surface area contributed by atoms with Crippen LogP contribution in [0.1, 0.15) is 12.0 Å². The van der Waals surface area contributed by atoms with Crippen LogP contribution in [0.3, 0.4) is 0 Å². The molecule has 0 unspecified atom stereocenters. The van der Waals surface area contributed by atoms with Crippen molar-refractivity contribution in [1.29, 1.82) is 0 Å². The van der Waals surface area contributed by atoms with Crippen LogP contribution in [0.5, 0.6) is 11.5 Å². The molecule has 0 saturated heterocycles. The Labute approximate surface area is 168 Å². The summed E-state index contributed by atoms with van der Waals surface area (Å²) in [5.41, 5.74) is 1.99. The van der Waals surface area contributed by atoms with Gasteiger partial charge in [0.15, 0.2) is 16.6 Å². The number of hydrogen-bond acceptors (Lipinski definition) is 6. The van der Waals surface area contributed by atoms with E-state index in [2.05, 4.69) is 17.0 Å². The molecule has 7 heteroatoms. The highest BCUT2D eigenvalue weighted by Gasteiger charge is 2.22. The van der Waals surface area contributed by atoms with Crippen LogP contribution in [0.4, 0.5) is 5.13 Å². The number of benzene rings is 2. The van der Waals surface area contributed by atoms with Crippen LogP contribution in [0.15, 0.2) is 42.5 Å². The monoisotopic (exact) mass is 397 g/mol. The highest BCUT2D eigenvalue weighted by molar-refractivity contribution is 7.22. The summed E-state index contributed by atoms with van der Waals surface area (Å²) in [5, 5.41) is 0.721. The third-order valence-corrected chi connectivity index (χ3v) is 5.69. The third-order valence-electron chi connectivity index (χ3n) is 4.64. The molecule has 0 fully saturated rings. The first kappa shape index (κ1) is 18.7. The highest BCUT2D eigenvalue weighted by Crippen LogP contribution is 2.39. The van der Waals surface area contributed by atoms with Gasteiger partial charge in [-0.25, -0.2) is 4.98 Å². The number of rotatable bonds is 7. The van der Waals surface area contributed by atoms with Gasteiger partial charge in [-0.15, -0.1) is 0 Å². The number of aromatic nitrogens is 1. The second-order valence-electron chi connectivity index (χ2n) is 7.00. The van der Waals surface area contributed by atoms with Gasteiger partial charge in [-0.1, -0.05) is 41.7 Å². The molecule has 0 atom stereocenters. The smallest absolute Gasteiger partial charge is 0.231 e. The number of anilines is 1. The lowest BCUT2D eigenvalue weighted by molar-refractivity contribution is -0.118. The van der Waals surface area contributed by atoms with Crippen molar-refractivity contribution in [3.05, 3.63) is 48.0 Å². The Kier molecular flexibility index (Phi) is 5.45. The lowest BCUT2D eigenvalue weighted by Gasteiger charge is -2.22. The van der Waals surface area contributed by atoms with E-state index in [1.807, 2.05) is 44.4 Å². The van der Waals surface area contributed by atoms with Gasteiger partial charge in [0.05, 0.1) is 10.2 Å². The van der Waals surface area contributed by atoms with Gasteiger partial charge in [0, 0.05) is 31.6 Å². The summed E-state index contributed by atoms with van der Waals surface area (Å²) < 4.78 is 11.9. The molecular formula is C21H23N3O3S. The largest absolute Gasteiger partial charge is 0.454 e. The zero-order valence-corrected chi connectivity index (χ0v) is 16.9. The zero-order chi connectivity index (χ0) is 19.5. The van der Waals surface area contributed by atoms with Crippen molar-refractivity contribution in [2.24, 2.45) is 0 Å². The van der Waals surface area contributed by atoms with Gasteiger partial charge >= 0.3 is 0 Å². The number of nitrogens with zero attached hydrogens (tertiary/aromatic N) is 3. The minimum Gasteiger partial charge on any atom is -0.454 e. The number of carbonyl (C=O) groups is 1. The topological polar surface area (TPSA) is 54.9 Å². The Morgan fingerprint density at radius 2 is 1.86 bits per heavy atom. The maximum Gasteiger partial charge on any atom is 0.231 e. The molecule has 0 aliphatic carbocycles. The first-order chi connectivity index (χ1) is 13.6. The van der Waals surface area contributed by atoms with Gasteiger partial charge < -0.3 is 14.4 Å². The predicted molar refractivity (Wildman–Crippen MR) is 111 cm³/mol. The molecule has 1 aromatic heterocycles. The average molecular weight is 398 g/mol. The molecule has 0 radical (unpaired) electrons. The number of likely N-dealkylation sites (N-methyl/N-ethyl adjacent to an activating group) is 1. The molecule has 0 bridgehead atoms. The highest BCUT2D eigenvalue weighted by atomic mass is 32.1. The number of hydrogen-bond donors (Lipinski definition) is 0. The van der Waals surface area contributed by atoms with Crippen LogP contribution in [0.2, 0.25) is 0 Å². The van der Waals surface area contributed by atoms with Crippen molar-refractivity contribution in [3.8, 4) is 11.5 Å². The number of fused-ring (bicyclic) bond motifs is 2. The number of thiazole rings is 1. The number of aryl methyl sites for hydroxylation is 1. The van der Waals surface area contributed by atoms with Crippen molar-refractivity contribution in [3.63, 3.8) is 0 Å². The molecule has 0 N–H and O–H groups in total. The summed E-state index contributed by atoms with van der Waals surface area (Å²) in [6.07, 6.45) is 1.18. The molecule has 1 aliphatic rings. The summed E-state index contributed by atoms with van der Waals surface area (Å²) in [6.45, 7) is 1.62. The van der Waals surface area contributed by atoms with Crippen LogP contribution in [-0.4, -0.2) is 49.8 Å². The quantitative estimate of drug-likeness (QED) is 0.610. The molecular weight excluding hydrogens is 374 g/mol. The minimum atomic E-state index is 0.0878. The fourth-order valence-corrected chi connectivity index (χ4v) is 4.10. The Hall–Kier alpha value is -2.64. The van der Waals surface area contributed by atoms with E-state index < -0.39 is 0 Å². The first-order valence-electron chi connectivity index (χ1n) is 9.29. The lowest BCUT2D eigenvalue weighted by Crippen LogP contribution is -2.36. The second kappa shape index (κ2) is 8.16. The van der Waals surface area contributed by atoms with Crippen molar-refractivity contribution in [1.82, 2.24) is 9.88 Å². The fraction of sp³-hybridized carbons (Fsp3) is 0.333. The van der Waals surface area contributed by atoms with E-state index in [0.717, 1.165) is 34.1 Å². The van der Waals surface area contributed by atoms with Crippen LogP contribution >= 0.6 is 11.3 Å². The molecule has 146 valence electrons. The molecule has 3 aromatic rings. The number of ether oxygens (including phenoxy) is 2. The fourth-order valence-electron chi connectivity index (χ4n) is 3.08. The zero-order valence-electron chi connectivity index (χ0n) is 16.1. The van der Waals surface area contributed by atoms with Gasteiger partial charge in [-0.2, -0.15) is 0 Å². The first-order valence-corrected chi connectivity index (χ1v) is 10.1. The molecule has 0 spiro atoms. The van der Waals surface area contributed by atoms with Crippen molar-refractivity contribution in [2.45, 2.75) is 12.8 Å². The maximum atomic E-state index is 13.0. The van der Waals surface area contributed by atoms with E-state index >= 15 is 0 Å². The molecule has 1 amide bonds. The molecule has 4 rings (SSSR count). The molecule has 0 saturated carbocycles. The Morgan fingerprint density at radius 1 is 1.11 bits per heavy atom. The summed E-state index contributed by atoms with van der Waals surface area (Å²) in [7, 11) is 4.01. The van der Waals surface area contributed by atoms with E-state index in [1.165, 1.54) is 16.9 Å². The van der Waals surface area contributed by atoms with Gasteiger partial charge in [0.1, 0.15) is 0 Å². The Balaban J connectivity index is 1.56. The molecule has 1 aliphatic heterocycles. The van der Waals surface area contributed by atoms with Crippen LogP contribution in [0.25, 0.3) is 10.2 Å². The number of amides is 1. The molecule has 2 heterocycles. The van der Waals surface area contributed by atoms with Crippen LogP contribution < -0.4 is 14.4 Å². The van der Waals surface area contributed by atoms with Crippen LogP contribution in [0, 0.1) is 0 Å². The van der Waals surface area contributed by atoms with E-state index in [4.69, 9.17) is 14.5 Å². The molecule has 6 nitrogen and oxygen atoms in total. The average Bonchev–Trinajstić information content (AvgIpc) is 3.30. The normalized spacial score (nSPS) is 12.7. The SMILES string of the molecule is CN(C)CCN(C(=O)CCc1ccccc1)c1nc2cc3c(cc2s1)OCO3. The predicted octanol–water partition coefficient (Wildman–Crippen LogP) is 3.55. The summed E-state index contributed by atoms with van der Waals surface area (Å²) >= 11 is 1.51. The lowest BCUT2D eigenvalue weighted by atomic mass is 10.1. The third kappa shape index (κ3) is 4.10. The van der Waals surface area contributed by atoms with Gasteiger partial charge in [-0.3, -0.25) is 9.69 Å².